The van der Waals surface area contributed by atoms with Crippen LogP contribution >= 0.6 is 0 Å². The summed E-state index contributed by atoms with van der Waals surface area (Å²) < 4.78 is 0. The number of hydrogen-bond donors (Lipinski definition) is 2. The molecule has 17 heavy (non-hydrogen) atoms. The van der Waals surface area contributed by atoms with E-state index in [1.807, 2.05) is 25.7 Å². The van der Waals surface area contributed by atoms with Gasteiger partial charge in [0.25, 0.3) is 0 Å². The first kappa shape index (κ1) is 14.5. The fourth-order valence-electron chi connectivity index (χ4n) is 1.86. The van der Waals surface area contributed by atoms with Gasteiger partial charge in [0.15, 0.2) is 0 Å². The van der Waals surface area contributed by atoms with Gasteiger partial charge in [-0.15, -0.1) is 0 Å². The maximum Gasteiger partial charge on any atom is 0.239 e. The number of nitrogens with one attached hydrogen (secondary N) is 1. The van der Waals surface area contributed by atoms with Crippen molar-refractivity contribution in [2.45, 2.75) is 52.2 Å². The standard InChI is InChI=1S/C13H26N2O2/c1-10(2)13(4,17)9-14-11(3)12(16)15-7-5-6-8-15/h10-11,14,17H,5-9H2,1-4H3. The number of likely N-dealkylation sites (tertiary alicyclic amines) is 1. The van der Waals surface area contributed by atoms with Crippen LogP contribution in [0.3, 0.4) is 0 Å². The molecule has 0 radical (unpaired) electrons. The van der Waals surface area contributed by atoms with Crippen molar-refractivity contribution in [3.8, 4) is 0 Å². The number of rotatable bonds is 5. The smallest absolute Gasteiger partial charge is 0.239 e. The van der Waals surface area contributed by atoms with E-state index in [0.29, 0.717) is 6.54 Å². The number of amides is 1. The summed E-state index contributed by atoms with van der Waals surface area (Å²) in [6.07, 6.45) is 2.23. The quantitative estimate of drug-likeness (QED) is 0.756. The third-order valence-electron chi connectivity index (χ3n) is 3.80. The summed E-state index contributed by atoms with van der Waals surface area (Å²) >= 11 is 0. The number of nitrogens with zero attached hydrogens (tertiary/aromatic N) is 1. The molecule has 1 heterocycles. The molecule has 100 valence electrons. The molecule has 1 fully saturated rings. The van der Waals surface area contributed by atoms with Gasteiger partial charge in [-0.05, 0) is 32.6 Å². The van der Waals surface area contributed by atoms with Crippen molar-refractivity contribution in [1.82, 2.24) is 10.2 Å². The number of carbonyl (C=O) groups excluding carboxylic acids is 1. The van der Waals surface area contributed by atoms with E-state index in [1.54, 1.807) is 6.92 Å². The van der Waals surface area contributed by atoms with Gasteiger partial charge in [-0.3, -0.25) is 4.79 Å². The minimum Gasteiger partial charge on any atom is -0.389 e. The molecule has 0 saturated carbocycles. The van der Waals surface area contributed by atoms with Crippen LogP contribution in [-0.2, 0) is 4.79 Å². The monoisotopic (exact) mass is 242 g/mol. The molecule has 2 atom stereocenters. The highest BCUT2D eigenvalue weighted by Gasteiger charge is 2.28. The largest absolute Gasteiger partial charge is 0.389 e. The second kappa shape index (κ2) is 5.83. The number of carbonyl (C=O) groups is 1. The number of aliphatic hydroxyl groups is 1. The molecule has 1 saturated heterocycles. The lowest BCUT2D eigenvalue weighted by molar-refractivity contribution is -0.132. The van der Waals surface area contributed by atoms with Crippen molar-refractivity contribution in [2.75, 3.05) is 19.6 Å². The van der Waals surface area contributed by atoms with Crippen LogP contribution in [0.2, 0.25) is 0 Å². The summed E-state index contributed by atoms with van der Waals surface area (Å²) in [6, 6.07) is -0.210. The maximum absolute atomic E-state index is 12.0. The Morgan fingerprint density at radius 1 is 1.35 bits per heavy atom. The highest BCUT2D eigenvalue weighted by Crippen LogP contribution is 2.15. The van der Waals surface area contributed by atoms with E-state index in [0.717, 1.165) is 25.9 Å². The summed E-state index contributed by atoms with van der Waals surface area (Å²) in [5.74, 6) is 0.325. The van der Waals surface area contributed by atoms with Crippen molar-refractivity contribution in [3.05, 3.63) is 0 Å². The second-order valence-corrected chi connectivity index (χ2v) is 5.65. The van der Waals surface area contributed by atoms with Crippen molar-refractivity contribution in [1.29, 1.82) is 0 Å². The Morgan fingerprint density at radius 2 is 1.88 bits per heavy atom. The van der Waals surface area contributed by atoms with Gasteiger partial charge >= 0.3 is 0 Å². The van der Waals surface area contributed by atoms with Crippen LogP contribution in [-0.4, -0.2) is 47.2 Å². The Morgan fingerprint density at radius 3 is 2.35 bits per heavy atom. The van der Waals surface area contributed by atoms with Crippen molar-refractivity contribution >= 4 is 5.91 Å². The third-order valence-corrected chi connectivity index (χ3v) is 3.80. The van der Waals surface area contributed by atoms with E-state index in [2.05, 4.69) is 5.32 Å². The van der Waals surface area contributed by atoms with Crippen molar-refractivity contribution in [3.63, 3.8) is 0 Å². The summed E-state index contributed by atoms with van der Waals surface area (Å²) in [7, 11) is 0. The fraction of sp³-hybridized carbons (Fsp3) is 0.923. The fourth-order valence-corrected chi connectivity index (χ4v) is 1.86. The molecule has 4 heteroatoms. The first-order chi connectivity index (χ1) is 7.84. The van der Waals surface area contributed by atoms with E-state index >= 15 is 0 Å². The van der Waals surface area contributed by atoms with Crippen LogP contribution in [0.1, 0.15) is 40.5 Å². The molecule has 0 spiro atoms. The minimum absolute atomic E-state index is 0.155. The molecule has 0 aromatic heterocycles. The van der Waals surface area contributed by atoms with Gasteiger partial charge in [0.1, 0.15) is 0 Å². The molecule has 1 amide bonds. The van der Waals surface area contributed by atoms with Crippen molar-refractivity contribution in [2.24, 2.45) is 5.92 Å². The normalized spacial score (nSPS) is 21.6. The predicted octanol–water partition coefficient (Wildman–Crippen LogP) is 0.994. The summed E-state index contributed by atoms with van der Waals surface area (Å²) in [4.78, 5) is 13.9. The molecule has 1 aliphatic heterocycles. The van der Waals surface area contributed by atoms with E-state index < -0.39 is 5.60 Å². The molecule has 4 nitrogen and oxygen atoms in total. The van der Waals surface area contributed by atoms with Gasteiger partial charge in [0.2, 0.25) is 5.91 Å². The Kier molecular flexibility index (Phi) is 4.95. The average molecular weight is 242 g/mol. The lowest BCUT2D eigenvalue weighted by Gasteiger charge is -2.30. The summed E-state index contributed by atoms with van der Waals surface area (Å²) in [5, 5.41) is 13.2. The zero-order chi connectivity index (χ0) is 13.1. The Bertz CT molecular complexity index is 258. The topological polar surface area (TPSA) is 52.6 Å². The minimum atomic E-state index is -0.764. The van der Waals surface area contributed by atoms with Crippen LogP contribution in [0.5, 0.6) is 0 Å². The Balaban J connectivity index is 2.38. The van der Waals surface area contributed by atoms with Crippen LogP contribution < -0.4 is 5.32 Å². The van der Waals surface area contributed by atoms with E-state index in [4.69, 9.17) is 0 Å². The first-order valence-electron chi connectivity index (χ1n) is 6.59. The third kappa shape index (κ3) is 3.96. The second-order valence-electron chi connectivity index (χ2n) is 5.65. The molecular formula is C13H26N2O2. The summed E-state index contributed by atoms with van der Waals surface area (Å²) in [5.41, 5.74) is -0.764. The first-order valence-corrected chi connectivity index (χ1v) is 6.59. The molecule has 0 aromatic rings. The molecule has 2 unspecified atom stereocenters. The van der Waals surface area contributed by atoms with Gasteiger partial charge in [-0.2, -0.15) is 0 Å². The molecule has 0 bridgehead atoms. The lowest BCUT2D eigenvalue weighted by atomic mass is 9.92. The van der Waals surface area contributed by atoms with Crippen molar-refractivity contribution < 1.29 is 9.90 Å². The van der Waals surface area contributed by atoms with E-state index in [9.17, 15) is 9.90 Å². The van der Waals surface area contributed by atoms with Crippen LogP contribution in [0.25, 0.3) is 0 Å². The maximum atomic E-state index is 12.0. The average Bonchev–Trinajstić information content (AvgIpc) is 2.78. The van der Waals surface area contributed by atoms with Crippen LogP contribution in [0.4, 0.5) is 0 Å². The van der Waals surface area contributed by atoms with Gasteiger partial charge in [-0.1, -0.05) is 13.8 Å². The highest BCUT2D eigenvalue weighted by molar-refractivity contribution is 5.81. The van der Waals surface area contributed by atoms with Gasteiger partial charge in [0.05, 0.1) is 11.6 Å². The van der Waals surface area contributed by atoms with Crippen LogP contribution in [0, 0.1) is 5.92 Å². The van der Waals surface area contributed by atoms with Gasteiger partial charge < -0.3 is 15.3 Å². The zero-order valence-corrected chi connectivity index (χ0v) is 11.5. The zero-order valence-electron chi connectivity index (χ0n) is 11.5. The Hall–Kier alpha value is -0.610. The van der Waals surface area contributed by atoms with Gasteiger partial charge in [0, 0.05) is 19.6 Å². The predicted molar refractivity (Wildman–Crippen MR) is 68.7 cm³/mol. The molecule has 2 N–H and O–H groups in total. The van der Waals surface area contributed by atoms with E-state index in [1.165, 1.54) is 0 Å². The van der Waals surface area contributed by atoms with Gasteiger partial charge in [-0.25, -0.2) is 0 Å². The molecule has 0 aromatic carbocycles. The molecular weight excluding hydrogens is 216 g/mol. The molecule has 0 aliphatic carbocycles. The summed E-state index contributed by atoms with van der Waals surface area (Å²) in [6.45, 7) is 9.85. The van der Waals surface area contributed by atoms with Crippen LogP contribution in [0.15, 0.2) is 0 Å². The number of hydrogen-bond acceptors (Lipinski definition) is 3. The lowest BCUT2D eigenvalue weighted by Crippen LogP contribution is -2.50. The Labute approximate surface area is 104 Å². The van der Waals surface area contributed by atoms with E-state index in [-0.39, 0.29) is 17.9 Å². The SMILES string of the molecule is CC(NCC(C)(O)C(C)C)C(=O)N1CCCC1. The molecule has 1 aliphatic rings. The highest BCUT2D eigenvalue weighted by atomic mass is 16.3. The molecule has 1 rings (SSSR count).